The predicted molar refractivity (Wildman–Crippen MR) is 122 cm³/mol. The molecule has 1 aromatic carbocycles. The number of halogens is 4. The summed E-state index contributed by atoms with van der Waals surface area (Å²) in [6, 6.07) is 4.83. The number of benzene rings is 1. The van der Waals surface area contributed by atoms with Crippen molar-refractivity contribution in [2.75, 3.05) is 36.1 Å². The summed E-state index contributed by atoms with van der Waals surface area (Å²) in [6.45, 7) is 3.33. The molecule has 3 aromatic rings. The van der Waals surface area contributed by atoms with Gasteiger partial charge < -0.3 is 20.7 Å². The third kappa shape index (κ3) is 5.22. The molecule has 1 aliphatic rings. The van der Waals surface area contributed by atoms with Gasteiger partial charge in [-0.25, -0.2) is 15.0 Å². The normalized spacial score (nSPS) is 16.2. The number of nitrogens with zero attached hydrogens (tertiary/aromatic N) is 4. The number of hydrogen-bond acceptors (Lipinski definition) is 7. The molecule has 33 heavy (non-hydrogen) atoms. The molecule has 4 rings (SSSR count). The fourth-order valence-corrected chi connectivity index (χ4v) is 4.15. The maximum atomic E-state index is 13.2. The summed E-state index contributed by atoms with van der Waals surface area (Å²) in [4.78, 5) is 15.2. The van der Waals surface area contributed by atoms with Gasteiger partial charge in [-0.2, -0.15) is 13.2 Å². The Morgan fingerprint density at radius 3 is 2.58 bits per heavy atom. The van der Waals surface area contributed by atoms with E-state index >= 15 is 0 Å². The van der Waals surface area contributed by atoms with Crippen molar-refractivity contribution < 1.29 is 17.9 Å². The lowest BCUT2D eigenvalue weighted by Gasteiger charge is -2.32. The molecule has 0 radical (unpaired) electrons. The van der Waals surface area contributed by atoms with Gasteiger partial charge >= 0.3 is 6.18 Å². The highest BCUT2D eigenvalue weighted by atomic mass is 35.5. The van der Waals surface area contributed by atoms with Gasteiger partial charge in [0.05, 0.1) is 29.4 Å². The van der Waals surface area contributed by atoms with E-state index in [1.165, 1.54) is 6.07 Å². The van der Waals surface area contributed by atoms with Gasteiger partial charge in [-0.1, -0.05) is 0 Å². The first-order valence-electron chi connectivity index (χ1n) is 10.5. The second-order valence-corrected chi connectivity index (χ2v) is 8.41. The number of alkyl halides is 3. The zero-order valence-corrected chi connectivity index (χ0v) is 18.9. The molecule has 0 spiro atoms. The number of rotatable bonds is 5. The molecule has 7 nitrogen and oxygen atoms in total. The Morgan fingerprint density at radius 1 is 1.18 bits per heavy atom. The van der Waals surface area contributed by atoms with Gasteiger partial charge in [0.1, 0.15) is 11.6 Å². The van der Waals surface area contributed by atoms with Crippen molar-refractivity contribution in [2.24, 2.45) is 0 Å². The molecule has 1 unspecified atom stereocenters. The predicted octanol–water partition coefficient (Wildman–Crippen LogP) is 5.07. The fourth-order valence-electron chi connectivity index (χ4n) is 3.97. The number of ether oxygens (including phenoxy) is 1. The van der Waals surface area contributed by atoms with Crippen molar-refractivity contribution in [1.82, 2.24) is 15.0 Å². The maximum Gasteiger partial charge on any atom is 0.416 e. The highest BCUT2D eigenvalue weighted by molar-refractivity contribution is 6.28. The standard InChI is InChI=1S/C22H24ClF3N6O/c1-12(13-7-14(22(24,25)26)9-15(27)8-13)29-20-17-10-19(28-11-18(17)30-21(23)31-20)32-5-3-16(33-2)4-6-32/h7-12,16H,3-6,27H2,1-2H3,(H,29,30,31). The van der Waals surface area contributed by atoms with E-state index in [4.69, 9.17) is 22.1 Å². The minimum atomic E-state index is -4.49. The highest BCUT2D eigenvalue weighted by Crippen LogP contribution is 2.34. The number of nitrogen functional groups attached to an aromatic ring is 1. The lowest BCUT2D eigenvalue weighted by Crippen LogP contribution is -2.37. The molecule has 1 aliphatic heterocycles. The van der Waals surface area contributed by atoms with Gasteiger partial charge in [-0.3, -0.25) is 0 Å². The minimum Gasteiger partial charge on any atom is -0.399 e. The van der Waals surface area contributed by atoms with Crippen LogP contribution in [-0.2, 0) is 10.9 Å². The molecule has 1 atom stereocenters. The summed E-state index contributed by atoms with van der Waals surface area (Å²) in [5, 5.41) is 3.85. The van der Waals surface area contributed by atoms with Crippen LogP contribution in [0.3, 0.4) is 0 Å². The number of pyridine rings is 1. The van der Waals surface area contributed by atoms with E-state index in [2.05, 4.69) is 25.2 Å². The molecule has 0 amide bonds. The van der Waals surface area contributed by atoms with Crippen LogP contribution in [0.5, 0.6) is 0 Å². The number of hydrogen-bond donors (Lipinski definition) is 2. The Kier molecular flexibility index (Phi) is 6.49. The number of fused-ring (bicyclic) bond motifs is 1. The summed E-state index contributed by atoms with van der Waals surface area (Å²) in [5.41, 5.74) is 5.86. The fraction of sp³-hybridized carbons (Fsp3) is 0.409. The molecule has 176 valence electrons. The van der Waals surface area contributed by atoms with Crippen molar-refractivity contribution in [3.63, 3.8) is 0 Å². The van der Waals surface area contributed by atoms with Gasteiger partial charge in [0, 0.05) is 31.3 Å². The average molecular weight is 481 g/mol. The van der Waals surface area contributed by atoms with Crippen LogP contribution < -0.4 is 16.0 Å². The second kappa shape index (κ2) is 9.18. The molecule has 0 saturated carbocycles. The Bertz CT molecular complexity index is 1150. The van der Waals surface area contributed by atoms with E-state index in [0.717, 1.165) is 43.9 Å². The first kappa shape index (κ1) is 23.3. The Balaban J connectivity index is 1.65. The monoisotopic (exact) mass is 480 g/mol. The molecule has 1 saturated heterocycles. The quantitative estimate of drug-likeness (QED) is 0.389. The van der Waals surface area contributed by atoms with Gasteiger partial charge in [-0.05, 0) is 61.2 Å². The molecule has 3 heterocycles. The number of piperidine rings is 1. The van der Waals surface area contributed by atoms with Crippen molar-refractivity contribution in [3.05, 3.63) is 46.9 Å². The van der Waals surface area contributed by atoms with E-state index in [-0.39, 0.29) is 17.1 Å². The minimum absolute atomic E-state index is 0.0104. The molecule has 2 aromatic heterocycles. The molecule has 3 N–H and O–H groups in total. The molecular weight excluding hydrogens is 457 g/mol. The molecule has 0 aliphatic carbocycles. The van der Waals surface area contributed by atoms with Gasteiger partial charge in [-0.15, -0.1) is 0 Å². The summed E-state index contributed by atoms with van der Waals surface area (Å²) in [6.07, 6.45) is -0.842. The Morgan fingerprint density at radius 2 is 1.91 bits per heavy atom. The van der Waals surface area contributed by atoms with Gasteiger partial charge in [0.2, 0.25) is 5.28 Å². The van der Waals surface area contributed by atoms with Crippen LogP contribution in [0.4, 0.5) is 30.5 Å². The zero-order chi connectivity index (χ0) is 23.8. The van der Waals surface area contributed by atoms with E-state index in [9.17, 15) is 13.2 Å². The van der Waals surface area contributed by atoms with Crippen LogP contribution in [0, 0.1) is 0 Å². The summed E-state index contributed by atoms with van der Waals surface area (Å²) < 4.78 is 45.1. The van der Waals surface area contributed by atoms with Crippen molar-refractivity contribution >= 4 is 39.8 Å². The van der Waals surface area contributed by atoms with E-state index in [1.807, 2.05) is 6.07 Å². The smallest absolute Gasteiger partial charge is 0.399 e. The number of nitrogens with one attached hydrogen (secondary N) is 1. The summed E-state index contributed by atoms with van der Waals surface area (Å²) in [7, 11) is 1.72. The average Bonchev–Trinajstić information content (AvgIpc) is 2.78. The number of anilines is 3. The highest BCUT2D eigenvalue weighted by Gasteiger charge is 2.31. The lowest BCUT2D eigenvalue weighted by molar-refractivity contribution is -0.137. The van der Waals surface area contributed by atoms with Crippen LogP contribution in [0.1, 0.15) is 36.9 Å². The SMILES string of the molecule is COC1CCN(c2cc3c(NC(C)c4cc(N)cc(C(F)(F)F)c4)nc(Cl)nc3cn2)CC1. The molecule has 0 bridgehead atoms. The number of methoxy groups -OCH3 is 1. The number of nitrogens with two attached hydrogens (primary N) is 1. The Hall–Kier alpha value is -2.85. The molecular formula is C22H24ClF3N6O. The van der Waals surface area contributed by atoms with Gasteiger partial charge in [0.25, 0.3) is 0 Å². The van der Waals surface area contributed by atoms with Crippen LogP contribution in [-0.4, -0.2) is 41.3 Å². The molecule has 1 fully saturated rings. The largest absolute Gasteiger partial charge is 0.416 e. The maximum absolute atomic E-state index is 13.2. The van der Waals surface area contributed by atoms with E-state index in [1.54, 1.807) is 20.2 Å². The van der Waals surface area contributed by atoms with E-state index in [0.29, 0.717) is 22.3 Å². The van der Waals surface area contributed by atoms with Crippen LogP contribution in [0.15, 0.2) is 30.5 Å². The van der Waals surface area contributed by atoms with Crippen molar-refractivity contribution in [3.8, 4) is 0 Å². The van der Waals surface area contributed by atoms with Gasteiger partial charge in [0.15, 0.2) is 0 Å². The third-order valence-electron chi connectivity index (χ3n) is 5.80. The van der Waals surface area contributed by atoms with Crippen LogP contribution >= 0.6 is 11.6 Å². The van der Waals surface area contributed by atoms with Crippen LogP contribution in [0.25, 0.3) is 10.9 Å². The Labute approximate surface area is 194 Å². The number of aromatic nitrogens is 3. The van der Waals surface area contributed by atoms with Crippen molar-refractivity contribution in [2.45, 2.75) is 38.1 Å². The summed E-state index contributed by atoms with van der Waals surface area (Å²) in [5.74, 6) is 1.17. The lowest BCUT2D eigenvalue weighted by atomic mass is 10.0. The topological polar surface area (TPSA) is 89.2 Å². The van der Waals surface area contributed by atoms with Crippen molar-refractivity contribution in [1.29, 1.82) is 0 Å². The first-order valence-corrected chi connectivity index (χ1v) is 10.9. The van der Waals surface area contributed by atoms with E-state index < -0.39 is 17.8 Å². The van der Waals surface area contributed by atoms with Crippen LogP contribution in [0.2, 0.25) is 5.28 Å². The molecule has 11 heteroatoms. The second-order valence-electron chi connectivity index (χ2n) is 8.08. The third-order valence-corrected chi connectivity index (χ3v) is 5.97. The zero-order valence-electron chi connectivity index (χ0n) is 18.2. The first-order chi connectivity index (χ1) is 15.6. The summed E-state index contributed by atoms with van der Waals surface area (Å²) >= 11 is 6.10.